The van der Waals surface area contributed by atoms with Crippen LogP contribution in [0.4, 0.5) is 9.93 Å². The second-order valence-electron chi connectivity index (χ2n) is 7.48. The Morgan fingerprint density at radius 3 is 2.33 bits per heavy atom. The van der Waals surface area contributed by atoms with Crippen molar-refractivity contribution in [2.75, 3.05) is 4.90 Å². The van der Waals surface area contributed by atoms with Gasteiger partial charge in [-0.05, 0) is 26.8 Å². The Morgan fingerprint density at radius 2 is 1.83 bits per heavy atom. The van der Waals surface area contributed by atoms with Crippen molar-refractivity contribution < 1.29 is 14.3 Å². The van der Waals surface area contributed by atoms with E-state index in [1.54, 1.807) is 18.5 Å². The lowest BCUT2D eigenvalue weighted by atomic mass is 9.94. The molecule has 0 bridgehead atoms. The minimum absolute atomic E-state index is 0.0918. The van der Waals surface area contributed by atoms with Crippen molar-refractivity contribution in [1.29, 1.82) is 0 Å². The lowest BCUT2D eigenvalue weighted by molar-refractivity contribution is 0.195. The molecule has 0 fully saturated rings. The number of nitrogens with zero attached hydrogens (tertiary/aromatic N) is 3. The molecule has 0 saturated carbocycles. The number of rotatable bonds is 3. The Hall–Kier alpha value is -2.15. The van der Waals surface area contributed by atoms with Crippen molar-refractivity contribution >= 4 is 34.7 Å². The van der Waals surface area contributed by atoms with Crippen molar-refractivity contribution in [2.45, 2.75) is 52.5 Å². The zero-order chi connectivity index (χ0) is 18.1. The fraction of sp³-hybridized carbons (Fsp3) is 0.471. The summed E-state index contributed by atoms with van der Waals surface area (Å²) in [6.45, 7) is 11.7. The van der Waals surface area contributed by atoms with E-state index in [-0.39, 0.29) is 5.41 Å². The van der Waals surface area contributed by atoms with Gasteiger partial charge in [0.1, 0.15) is 5.76 Å². The van der Waals surface area contributed by atoms with Gasteiger partial charge in [-0.2, -0.15) is 0 Å². The van der Waals surface area contributed by atoms with E-state index in [4.69, 9.17) is 4.42 Å². The largest absolute Gasteiger partial charge is 0.465 e. The van der Waals surface area contributed by atoms with Gasteiger partial charge in [-0.15, -0.1) is 0 Å². The lowest BCUT2D eigenvalue weighted by Crippen LogP contribution is -2.45. The van der Waals surface area contributed by atoms with Crippen LogP contribution in [0.2, 0.25) is 0 Å². The van der Waals surface area contributed by atoms with E-state index in [1.807, 2.05) is 26.8 Å². The summed E-state index contributed by atoms with van der Waals surface area (Å²) >= 11 is 1.31. The molecule has 130 valence electrons. The van der Waals surface area contributed by atoms with Gasteiger partial charge in [-0.25, -0.2) is 19.7 Å². The third kappa shape index (κ3) is 4.23. The van der Waals surface area contributed by atoms with Crippen LogP contribution in [0.15, 0.2) is 16.8 Å². The van der Waals surface area contributed by atoms with Crippen LogP contribution in [-0.4, -0.2) is 26.7 Å². The number of amides is 1. The van der Waals surface area contributed by atoms with E-state index in [0.29, 0.717) is 11.0 Å². The Balaban J connectivity index is 2.19. The molecule has 6 nitrogen and oxygen atoms in total. The van der Waals surface area contributed by atoms with Crippen molar-refractivity contribution in [1.82, 2.24) is 9.97 Å². The number of anilines is 1. The molecule has 0 aliphatic heterocycles. The molecule has 0 atom stereocenters. The Labute approximate surface area is 145 Å². The SMILES string of the molecule is CC(C)(C)c1cnc(/C=C/c2cnc(N(C(=O)O)C(C)(C)C)s2)o1. The van der Waals surface area contributed by atoms with Crippen molar-refractivity contribution in [3.8, 4) is 0 Å². The van der Waals surface area contributed by atoms with Crippen molar-refractivity contribution in [3.05, 3.63) is 28.9 Å². The molecule has 0 saturated heterocycles. The predicted octanol–water partition coefficient (Wildman–Crippen LogP) is 4.88. The lowest BCUT2D eigenvalue weighted by Gasteiger charge is -2.30. The molecular weight excluding hydrogens is 326 g/mol. The van der Waals surface area contributed by atoms with Crippen molar-refractivity contribution in [2.24, 2.45) is 0 Å². The summed E-state index contributed by atoms with van der Waals surface area (Å²) in [4.78, 5) is 22.0. The summed E-state index contributed by atoms with van der Waals surface area (Å²) in [7, 11) is 0. The van der Waals surface area contributed by atoms with Gasteiger partial charge in [0.2, 0.25) is 5.89 Å². The van der Waals surface area contributed by atoms with E-state index in [9.17, 15) is 9.90 Å². The minimum atomic E-state index is -1.02. The molecule has 0 unspecified atom stereocenters. The van der Waals surface area contributed by atoms with Gasteiger partial charge in [0, 0.05) is 28.1 Å². The summed E-state index contributed by atoms with van der Waals surface area (Å²) in [5.41, 5.74) is -0.652. The van der Waals surface area contributed by atoms with E-state index in [1.165, 1.54) is 16.2 Å². The van der Waals surface area contributed by atoms with E-state index in [0.717, 1.165) is 10.6 Å². The number of thiazole rings is 1. The Morgan fingerprint density at radius 1 is 1.17 bits per heavy atom. The molecule has 2 rings (SSSR count). The fourth-order valence-corrected chi connectivity index (χ4v) is 2.98. The standard InChI is InChI=1S/C17H23N3O3S/c1-16(2,3)12-10-18-13(23-12)8-7-11-9-19-14(24-11)20(15(21)22)17(4,5)6/h7-10H,1-6H3,(H,21,22)/b8-7+. The summed E-state index contributed by atoms with van der Waals surface area (Å²) in [6.07, 6.45) is 5.93. The number of hydrogen-bond donors (Lipinski definition) is 1. The maximum absolute atomic E-state index is 11.5. The zero-order valence-corrected chi connectivity index (χ0v) is 15.6. The average molecular weight is 349 g/mol. The monoisotopic (exact) mass is 349 g/mol. The summed E-state index contributed by atoms with van der Waals surface area (Å²) in [5.74, 6) is 1.33. The number of carbonyl (C=O) groups is 1. The summed E-state index contributed by atoms with van der Waals surface area (Å²) < 4.78 is 5.70. The highest BCUT2D eigenvalue weighted by molar-refractivity contribution is 7.16. The number of carboxylic acid groups (broad SMARTS) is 1. The van der Waals surface area contributed by atoms with Crippen LogP contribution < -0.4 is 4.90 Å². The molecule has 1 N–H and O–H groups in total. The van der Waals surface area contributed by atoms with Gasteiger partial charge in [-0.3, -0.25) is 0 Å². The molecule has 0 aromatic carbocycles. The zero-order valence-electron chi connectivity index (χ0n) is 14.8. The van der Waals surface area contributed by atoms with Gasteiger partial charge >= 0.3 is 6.09 Å². The molecule has 0 radical (unpaired) electrons. The molecule has 0 aliphatic rings. The van der Waals surface area contributed by atoms with E-state index >= 15 is 0 Å². The predicted molar refractivity (Wildman–Crippen MR) is 96.5 cm³/mol. The number of hydrogen-bond acceptors (Lipinski definition) is 5. The average Bonchev–Trinajstić information content (AvgIpc) is 3.02. The minimum Gasteiger partial charge on any atom is -0.465 e. The second-order valence-corrected chi connectivity index (χ2v) is 8.52. The smallest absolute Gasteiger partial charge is 0.414 e. The van der Waals surface area contributed by atoms with E-state index in [2.05, 4.69) is 30.7 Å². The number of oxazole rings is 1. The first-order valence-corrected chi connectivity index (χ1v) is 8.43. The number of aromatic nitrogens is 2. The van der Waals surface area contributed by atoms with Crippen LogP contribution in [0.3, 0.4) is 0 Å². The maximum atomic E-state index is 11.5. The Bertz CT molecular complexity index is 748. The van der Waals surface area contributed by atoms with Crippen LogP contribution in [0.25, 0.3) is 12.2 Å². The van der Waals surface area contributed by atoms with Crippen LogP contribution in [0, 0.1) is 0 Å². The van der Waals surface area contributed by atoms with Crippen LogP contribution in [0.1, 0.15) is 58.1 Å². The normalized spacial score (nSPS) is 12.8. The maximum Gasteiger partial charge on any atom is 0.414 e. The highest BCUT2D eigenvalue weighted by Gasteiger charge is 2.30. The van der Waals surface area contributed by atoms with E-state index < -0.39 is 11.6 Å². The highest BCUT2D eigenvalue weighted by Crippen LogP contribution is 2.30. The van der Waals surface area contributed by atoms with Gasteiger partial charge < -0.3 is 9.52 Å². The molecule has 24 heavy (non-hydrogen) atoms. The summed E-state index contributed by atoms with van der Waals surface area (Å²) in [5, 5.41) is 9.85. The molecule has 2 heterocycles. The molecular formula is C17H23N3O3S. The molecule has 7 heteroatoms. The van der Waals surface area contributed by atoms with Gasteiger partial charge in [0.25, 0.3) is 0 Å². The highest BCUT2D eigenvalue weighted by atomic mass is 32.1. The first-order chi connectivity index (χ1) is 11.0. The van der Waals surface area contributed by atoms with Gasteiger partial charge in [-0.1, -0.05) is 32.1 Å². The molecule has 0 aliphatic carbocycles. The third-order valence-corrected chi connectivity index (χ3v) is 4.17. The van der Waals surface area contributed by atoms with Crippen LogP contribution in [-0.2, 0) is 5.41 Å². The molecule has 1 amide bonds. The quantitative estimate of drug-likeness (QED) is 0.854. The first-order valence-electron chi connectivity index (χ1n) is 7.62. The van der Waals surface area contributed by atoms with Crippen LogP contribution in [0.5, 0.6) is 0 Å². The van der Waals surface area contributed by atoms with Gasteiger partial charge in [0.05, 0.1) is 6.20 Å². The summed E-state index contributed by atoms with van der Waals surface area (Å²) in [6, 6.07) is 0. The topological polar surface area (TPSA) is 79.5 Å². The second kappa shape index (κ2) is 6.39. The van der Waals surface area contributed by atoms with Crippen LogP contribution >= 0.6 is 11.3 Å². The fourth-order valence-electron chi connectivity index (χ4n) is 1.98. The Kier molecular flexibility index (Phi) is 4.85. The van der Waals surface area contributed by atoms with Crippen molar-refractivity contribution in [3.63, 3.8) is 0 Å². The van der Waals surface area contributed by atoms with Gasteiger partial charge in [0.15, 0.2) is 5.13 Å². The molecule has 2 aromatic heterocycles. The molecule has 0 spiro atoms. The molecule has 2 aromatic rings. The third-order valence-electron chi connectivity index (χ3n) is 3.22. The first kappa shape index (κ1) is 18.2.